The van der Waals surface area contributed by atoms with Crippen molar-refractivity contribution in [2.45, 2.75) is 37.7 Å². The molecular weight excluding hydrogens is 354 g/mol. The molecule has 0 aliphatic carbocycles. The summed E-state index contributed by atoms with van der Waals surface area (Å²) in [5, 5.41) is 9.27. The summed E-state index contributed by atoms with van der Waals surface area (Å²) in [6, 6.07) is 2.42. The molecule has 0 atom stereocenters. The number of hydrogen-bond donors (Lipinski definition) is 1. The van der Waals surface area contributed by atoms with Crippen LogP contribution in [-0.2, 0) is 12.0 Å². The third-order valence-corrected chi connectivity index (χ3v) is 3.58. The van der Waals surface area contributed by atoms with Crippen LogP contribution in [0.1, 0.15) is 24.5 Å². The van der Waals surface area contributed by atoms with E-state index in [1.165, 1.54) is 0 Å². The largest absolute Gasteiger partial charge is 0.430 e. The van der Waals surface area contributed by atoms with Crippen LogP contribution in [0.15, 0.2) is 22.7 Å². The smallest absolute Gasteiger partial charge is 0.369 e. The van der Waals surface area contributed by atoms with Crippen molar-refractivity contribution in [3.05, 3.63) is 33.8 Å². The van der Waals surface area contributed by atoms with Crippen molar-refractivity contribution < 1.29 is 31.4 Å². The highest BCUT2D eigenvalue weighted by molar-refractivity contribution is 9.10. The Bertz CT molecular complexity index is 466. The summed E-state index contributed by atoms with van der Waals surface area (Å²) < 4.78 is 76.7. The molecule has 0 heterocycles. The van der Waals surface area contributed by atoms with E-state index in [1.54, 1.807) is 6.92 Å². The summed E-state index contributed by atoms with van der Waals surface area (Å²) in [5.74, 6) is 0. The standard InChI is InChI=1S/C12H11BrF6O/c1-2-3-7-6-8(4-5-9(7)13)10(20,11(14,15)16)12(17,18)19/h4-6,20H,2-3H2,1H3. The van der Waals surface area contributed by atoms with Crippen molar-refractivity contribution in [2.75, 3.05) is 0 Å². The zero-order valence-corrected chi connectivity index (χ0v) is 11.8. The first-order valence-electron chi connectivity index (χ1n) is 5.60. The average Bonchev–Trinajstić information content (AvgIpc) is 2.28. The highest BCUT2D eigenvalue weighted by Crippen LogP contribution is 2.50. The van der Waals surface area contributed by atoms with Crippen molar-refractivity contribution in [2.24, 2.45) is 0 Å². The Morgan fingerprint density at radius 3 is 1.95 bits per heavy atom. The molecular formula is C12H11BrF6O. The van der Waals surface area contributed by atoms with Crippen molar-refractivity contribution in [1.82, 2.24) is 0 Å². The van der Waals surface area contributed by atoms with E-state index in [0.29, 0.717) is 23.4 Å². The summed E-state index contributed by atoms with van der Waals surface area (Å²) in [6.07, 6.45) is -10.9. The molecule has 0 bridgehead atoms. The van der Waals surface area contributed by atoms with E-state index in [-0.39, 0.29) is 5.56 Å². The minimum Gasteiger partial charge on any atom is -0.369 e. The van der Waals surface area contributed by atoms with Crippen molar-refractivity contribution >= 4 is 15.9 Å². The zero-order valence-electron chi connectivity index (χ0n) is 10.2. The molecule has 8 heteroatoms. The molecule has 0 spiro atoms. The lowest BCUT2D eigenvalue weighted by atomic mass is 9.90. The molecule has 1 nitrogen and oxygen atoms in total. The van der Waals surface area contributed by atoms with Crippen LogP contribution >= 0.6 is 15.9 Å². The van der Waals surface area contributed by atoms with Crippen LogP contribution in [0.3, 0.4) is 0 Å². The summed E-state index contributed by atoms with van der Waals surface area (Å²) in [5.41, 5.74) is -5.83. The quantitative estimate of drug-likeness (QED) is 0.769. The Balaban J connectivity index is 3.48. The summed E-state index contributed by atoms with van der Waals surface area (Å²) in [7, 11) is 0. The van der Waals surface area contributed by atoms with Crippen molar-refractivity contribution in [3.63, 3.8) is 0 Å². The second kappa shape index (κ2) is 5.55. The van der Waals surface area contributed by atoms with Crippen molar-refractivity contribution in [1.29, 1.82) is 0 Å². The maximum absolute atomic E-state index is 12.7. The van der Waals surface area contributed by atoms with Gasteiger partial charge in [-0.2, -0.15) is 26.3 Å². The molecule has 0 saturated heterocycles. The SMILES string of the molecule is CCCc1cc(C(O)(C(F)(F)F)C(F)(F)F)ccc1Br. The Hall–Kier alpha value is -0.760. The molecule has 0 aromatic heterocycles. The molecule has 114 valence electrons. The first-order chi connectivity index (χ1) is 8.95. The molecule has 20 heavy (non-hydrogen) atoms. The predicted octanol–water partition coefficient (Wildman–Crippen LogP) is 4.71. The number of halogens is 7. The van der Waals surface area contributed by atoms with Gasteiger partial charge in [0.1, 0.15) is 0 Å². The molecule has 1 N–H and O–H groups in total. The van der Waals surface area contributed by atoms with Crippen LogP contribution in [-0.4, -0.2) is 17.5 Å². The maximum Gasteiger partial charge on any atom is 0.430 e. The van der Waals surface area contributed by atoms with Crippen LogP contribution in [0, 0.1) is 0 Å². The number of benzene rings is 1. The molecule has 0 unspecified atom stereocenters. The van der Waals surface area contributed by atoms with Gasteiger partial charge in [-0.25, -0.2) is 0 Å². The summed E-state index contributed by atoms with van der Waals surface area (Å²) >= 11 is 3.05. The van der Waals surface area contributed by atoms with Gasteiger partial charge in [0.25, 0.3) is 5.60 Å². The summed E-state index contributed by atoms with van der Waals surface area (Å²) in [4.78, 5) is 0. The van der Waals surface area contributed by atoms with E-state index in [0.717, 1.165) is 12.1 Å². The molecule has 1 aromatic carbocycles. The lowest BCUT2D eigenvalue weighted by Crippen LogP contribution is -2.53. The molecule has 0 aliphatic rings. The van der Waals surface area contributed by atoms with Gasteiger partial charge in [-0.15, -0.1) is 0 Å². The van der Waals surface area contributed by atoms with Crippen molar-refractivity contribution in [3.8, 4) is 0 Å². The second-order valence-electron chi connectivity index (χ2n) is 4.26. The van der Waals surface area contributed by atoms with Gasteiger partial charge in [-0.3, -0.25) is 0 Å². The number of aliphatic hydroxyl groups is 1. The molecule has 0 aliphatic heterocycles. The number of aryl methyl sites for hydroxylation is 1. The molecule has 0 saturated carbocycles. The Kier molecular flexibility index (Phi) is 4.80. The zero-order chi connectivity index (χ0) is 15.8. The summed E-state index contributed by atoms with van der Waals surface area (Å²) in [6.45, 7) is 1.73. The van der Waals surface area contributed by atoms with E-state index in [2.05, 4.69) is 15.9 Å². The maximum atomic E-state index is 12.7. The molecule has 0 amide bonds. The first-order valence-corrected chi connectivity index (χ1v) is 6.39. The van der Waals surface area contributed by atoms with Gasteiger partial charge in [0, 0.05) is 10.0 Å². The highest BCUT2D eigenvalue weighted by Gasteiger charge is 2.71. The van der Waals surface area contributed by atoms with E-state index >= 15 is 0 Å². The minimum absolute atomic E-state index is 0.275. The van der Waals surface area contributed by atoms with Gasteiger partial charge < -0.3 is 5.11 Å². The lowest BCUT2D eigenvalue weighted by molar-refractivity contribution is -0.376. The normalized spacial score (nSPS) is 13.7. The van der Waals surface area contributed by atoms with E-state index in [4.69, 9.17) is 0 Å². The second-order valence-corrected chi connectivity index (χ2v) is 5.12. The third-order valence-electron chi connectivity index (χ3n) is 2.80. The van der Waals surface area contributed by atoms with E-state index in [1.807, 2.05) is 0 Å². The van der Waals surface area contributed by atoms with Crippen LogP contribution < -0.4 is 0 Å². The minimum atomic E-state index is -5.86. The third kappa shape index (κ3) is 2.95. The lowest BCUT2D eigenvalue weighted by Gasteiger charge is -2.33. The monoisotopic (exact) mass is 364 g/mol. The fraction of sp³-hybridized carbons (Fsp3) is 0.500. The van der Waals surface area contributed by atoms with Crippen LogP contribution in [0.5, 0.6) is 0 Å². The Morgan fingerprint density at radius 2 is 1.55 bits per heavy atom. The molecule has 1 aromatic rings. The Morgan fingerprint density at radius 1 is 1.05 bits per heavy atom. The fourth-order valence-electron chi connectivity index (χ4n) is 1.75. The fourth-order valence-corrected chi connectivity index (χ4v) is 2.19. The topological polar surface area (TPSA) is 20.2 Å². The van der Waals surface area contributed by atoms with Gasteiger partial charge in [-0.05, 0) is 18.1 Å². The predicted molar refractivity (Wildman–Crippen MR) is 64.1 cm³/mol. The highest BCUT2D eigenvalue weighted by atomic mass is 79.9. The number of rotatable bonds is 3. The van der Waals surface area contributed by atoms with Gasteiger partial charge in [0.05, 0.1) is 0 Å². The van der Waals surface area contributed by atoms with Crippen LogP contribution in [0.25, 0.3) is 0 Å². The van der Waals surface area contributed by atoms with Gasteiger partial charge in [0.2, 0.25) is 0 Å². The van der Waals surface area contributed by atoms with Crippen LogP contribution in [0.4, 0.5) is 26.3 Å². The molecule has 0 radical (unpaired) electrons. The number of hydrogen-bond acceptors (Lipinski definition) is 1. The van der Waals surface area contributed by atoms with Gasteiger partial charge >= 0.3 is 12.4 Å². The number of alkyl halides is 6. The average molecular weight is 365 g/mol. The first kappa shape index (κ1) is 17.3. The van der Waals surface area contributed by atoms with Crippen LogP contribution in [0.2, 0.25) is 0 Å². The van der Waals surface area contributed by atoms with Gasteiger partial charge in [0.15, 0.2) is 0 Å². The van der Waals surface area contributed by atoms with E-state index < -0.39 is 23.5 Å². The Labute approximate surface area is 119 Å². The van der Waals surface area contributed by atoms with Gasteiger partial charge in [-0.1, -0.05) is 41.4 Å². The van der Waals surface area contributed by atoms with E-state index in [9.17, 15) is 31.4 Å². The molecule has 0 fully saturated rings. The molecule has 1 rings (SSSR count).